The molecule has 0 N–H and O–H groups in total. The number of carbonyl (C=O) groups excluding carboxylic acids is 1. The molecule has 0 aliphatic heterocycles. The Balaban J connectivity index is 0.000000397. The maximum atomic E-state index is 14.2. The third-order valence-electron chi connectivity index (χ3n) is 11.7. The van der Waals surface area contributed by atoms with Crippen LogP contribution in [0.3, 0.4) is 0 Å². The summed E-state index contributed by atoms with van der Waals surface area (Å²) in [4.78, 5) is 12.2. The van der Waals surface area contributed by atoms with Crippen molar-refractivity contribution >= 4 is 56.2 Å². The number of rotatable bonds is 7. The molecule has 28 heteroatoms. The Kier molecular flexibility index (Phi) is 15.8. The second-order valence-corrected chi connectivity index (χ2v) is 17.3. The molecule has 0 saturated heterocycles. The lowest BCUT2D eigenvalue weighted by atomic mass is 9.12. The van der Waals surface area contributed by atoms with Crippen LogP contribution < -0.4 is 26.4 Å². The van der Waals surface area contributed by atoms with Crippen LogP contribution in [-0.4, -0.2) is 11.9 Å². The van der Waals surface area contributed by atoms with Gasteiger partial charge in [-0.15, -0.1) is 0 Å². The van der Waals surface area contributed by atoms with E-state index in [9.17, 15) is 110 Å². The lowest BCUT2D eigenvalue weighted by molar-refractivity contribution is -0.681. The van der Waals surface area contributed by atoms with Crippen LogP contribution in [0.25, 0.3) is 10.8 Å². The molecular weight excluding hydrogens is 1120 g/mol. The SMILES string of the molecule is FC(F)(F)c1cc([B-](c2cc(C(F)(F)F)cc(C(F)(F)F)c2)(c2cc(C(F)(F)F)cc(C(F)(F)F)c2)c2cc(C(F)(F)F)cc(C(F)(F)F)c2)cc(C(F)(F)F)c1.O=C(C[n+]1cc(Cl)c2ccccc2c1)c1ccccc1. The summed E-state index contributed by atoms with van der Waals surface area (Å²) in [5.74, 6) is 0.0712. The molecule has 0 fully saturated rings. The van der Waals surface area contributed by atoms with Gasteiger partial charge in [0.1, 0.15) is 11.2 Å². The highest BCUT2D eigenvalue weighted by atomic mass is 35.5. The first kappa shape index (κ1) is 59.3. The Hall–Kier alpha value is -6.93. The molecule has 7 aromatic rings. The summed E-state index contributed by atoms with van der Waals surface area (Å²) in [6.07, 6.45) is -51.1. The smallest absolute Gasteiger partial charge is 0.287 e. The third kappa shape index (κ3) is 13.4. The molecule has 1 aromatic heterocycles. The molecule has 77 heavy (non-hydrogen) atoms. The van der Waals surface area contributed by atoms with Crippen LogP contribution in [0.2, 0.25) is 5.02 Å². The van der Waals surface area contributed by atoms with Crippen LogP contribution in [0.15, 0.2) is 140 Å². The molecule has 7 rings (SSSR count). The first-order valence-electron chi connectivity index (χ1n) is 21.0. The Labute approximate surface area is 421 Å². The molecule has 0 spiro atoms. The summed E-state index contributed by atoms with van der Waals surface area (Å²) in [5.41, 5.74) is -29.5. The average Bonchev–Trinajstić information content (AvgIpc) is 3.30. The Morgan fingerprint density at radius 2 is 0.623 bits per heavy atom. The van der Waals surface area contributed by atoms with Gasteiger partial charge in [0.05, 0.1) is 44.5 Å². The van der Waals surface area contributed by atoms with Crippen molar-refractivity contribution in [2.45, 2.75) is 56.0 Å². The molecule has 410 valence electrons. The minimum Gasteiger partial charge on any atom is -0.287 e. The molecule has 0 radical (unpaired) electrons. The second kappa shape index (κ2) is 20.5. The van der Waals surface area contributed by atoms with E-state index >= 15 is 0 Å². The van der Waals surface area contributed by atoms with E-state index in [1.165, 1.54) is 0 Å². The summed E-state index contributed by atoms with van der Waals surface area (Å²) in [5, 5.41) is 2.68. The lowest BCUT2D eigenvalue weighted by Gasteiger charge is -2.46. The predicted octanol–water partition coefficient (Wildman–Crippen LogP) is 14.9. The number of fused-ring (bicyclic) bond motifs is 1. The van der Waals surface area contributed by atoms with Gasteiger partial charge < -0.3 is 0 Å². The van der Waals surface area contributed by atoms with E-state index in [1.54, 1.807) is 6.20 Å². The van der Waals surface area contributed by atoms with Crippen LogP contribution in [-0.2, 0) is 56.0 Å². The zero-order chi connectivity index (χ0) is 57.9. The highest BCUT2D eigenvalue weighted by Gasteiger charge is 2.47. The number of ketones is 1. The third-order valence-corrected chi connectivity index (χ3v) is 12.0. The second-order valence-electron chi connectivity index (χ2n) is 16.9. The molecule has 0 atom stereocenters. The summed E-state index contributed by atoms with van der Waals surface area (Å²) < 4.78 is 343. The Bertz CT molecular complexity index is 2870. The summed E-state index contributed by atoms with van der Waals surface area (Å²) in [7, 11) is 0. The Morgan fingerprint density at radius 1 is 0.364 bits per heavy atom. The van der Waals surface area contributed by atoms with Crippen LogP contribution in [0, 0.1) is 0 Å². The minimum atomic E-state index is -6.13. The molecule has 0 amide bonds. The first-order chi connectivity index (χ1) is 35.0. The molecular formula is C49H25BClF24NO. The fraction of sp³-hybridized carbons (Fsp3) is 0.184. The van der Waals surface area contributed by atoms with Gasteiger partial charge >= 0.3 is 49.4 Å². The predicted molar refractivity (Wildman–Crippen MR) is 230 cm³/mol. The normalized spacial score (nSPS) is 13.4. The molecule has 2 nitrogen and oxygen atoms in total. The van der Waals surface area contributed by atoms with Crippen molar-refractivity contribution in [3.8, 4) is 0 Å². The van der Waals surface area contributed by atoms with Gasteiger partial charge in [-0.3, -0.25) is 4.79 Å². The van der Waals surface area contributed by atoms with E-state index in [2.05, 4.69) is 0 Å². The van der Waals surface area contributed by atoms with Gasteiger partial charge in [-0.2, -0.15) is 132 Å². The molecule has 0 unspecified atom stereocenters. The van der Waals surface area contributed by atoms with E-state index in [1.807, 2.05) is 65.4 Å². The van der Waals surface area contributed by atoms with Gasteiger partial charge in [-0.05, 0) is 30.3 Å². The van der Waals surface area contributed by atoms with Gasteiger partial charge in [0.2, 0.25) is 12.3 Å². The fourth-order valence-corrected chi connectivity index (χ4v) is 8.60. The summed E-state index contributed by atoms with van der Waals surface area (Å²) in [6, 6.07) is 8.35. The quantitative estimate of drug-likeness (QED) is 0.0674. The van der Waals surface area contributed by atoms with E-state index in [4.69, 9.17) is 11.6 Å². The summed E-state index contributed by atoms with van der Waals surface area (Å²) >= 11 is 6.26. The van der Waals surface area contributed by atoms with Gasteiger partial charge in [-0.25, -0.2) is 0 Å². The number of Topliss-reactive ketones (excluding diaryl/α,β-unsaturated/α-hetero) is 1. The number of pyridine rings is 1. The maximum Gasteiger partial charge on any atom is 0.416 e. The van der Waals surface area contributed by atoms with Gasteiger partial charge in [0.15, 0.2) is 12.4 Å². The molecule has 0 aliphatic carbocycles. The molecule has 6 aromatic carbocycles. The van der Waals surface area contributed by atoms with E-state index in [-0.39, 0.29) is 12.3 Å². The number of aromatic nitrogens is 1. The number of carbonyl (C=O) groups is 1. The minimum absolute atomic E-state index is 0.0712. The van der Waals surface area contributed by atoms with E-state index in [0.717, 1.165) is 10.8 Å². The largest absolute Gasteiger partial charge is 0.416 e. The molecule has 1 heterocycles. The maximum absolute atomic E-state index is 14.2. The number of hydrogen-bond acceptors (Lipinski definition) is 1. The first-order valence-corrected chi connectivity index (χ1v) is 21.4. The van der Waals surface area contributed by atoms with Crippen LogP contribution in [0.5, 0.6) is 0 Å². The van der Waals surface area contributed by atoms with Gasteiger partial charge in [-0.1, -0.05) is 109 Å². The zero-order valence-electron chi connectivity index (χ0n) is 37.4. The van der Waals surface area contributed by atoms with Gasteiger partial charge in [0, 0.05) is 16.3 Å². The zero-order valence-corrected chi connectivity index (χ0v) is 38.1. The standard InChI is InChI=1S/C32H12BF24.C17H13ClNO/c34-25(35,36)13-1-14(26(37,38)39)6-21(5-13)33(22-7-15(27(40,41)42)2-16(8-22)28(43,44)45,23-9-17(29(46,47)48)3-18(10-23)30(49,50)51)24-11-19(31(52,53)54)4-20(12-24)32(55,56)57;18-16-11-19(10-14-8-4-5-9-15(14)16)12-17(20)13-6-2-1-3-7-13/h1-12H;1-11H,12H2/q-1;+1. The number of alkyl halides is 24. The highest BCUT2D eigenvalue weighted by molar-refractivity contribution is 7.20. The van der Waals surface area contributed by atoms with E-state index < -0.39 is 195 Å². The fourth-order valence-electron chi connectivity index (χ4n) is 8.30. The average molecular weight is 1150 g/mol. The molecule has 0 saturated carbocycles. The number of benzene rings is 6. The van der Waals surface area contributed by atoms with Crippen molar-refractivity contribution in [1.82, 2.24) is 0 Å². The topological polar surface area (TPSA) is 20.9 Å². The summed E-state index contributed by atoms with van der Waals surface area (Å²) in [6.45, 7) is 0.286. The highest BCUT2D eigenvalue weighted by Crippen LogP contribution is 2.41. The lowest BCUT2D eigenvalue weighted by Crippen LogP contribution is -2.75. The monoisotopic (exact) mass is 1150 g/mol. The van der Waals surface area contributed by atoms with Crippen LogP contribution in [0.4, 0.5) is 105 Å². The molecule has 0 aliphatic rings. The molecule has 0 bridgehead atoms. The van der Waals surface area contributed by atoms with Crippen molar-refractivity contribution in [3.63, 3.8) is 0 Å². The number of halogens is 25. The van der Waals surface area contributed by atoms with Crippen LogP contribution >= 0.6 is 11.6 Å². The van der Waals surface area contributed by atoms with Gasteiger partial charge in [0.25, 0.3) is 0 Å². The Morgan fingerprint density at radius 3 is 0.896 bits per heavy atom. The van der Waals surface area contributed by atoms with Crippen LogP contribution in [0.1, 0.15) is 54.9 Å². The van der Waals surface area contributed by atoms with Crippen molar-refractivity contribution in [1.29, 1.82) is 0 Å². The van der Waals surface area contributed by atoms with Crippen molar-refractivity contribution in [3.05, 3.63) is 195 Å². The van der Waals surface area contributed by atoms with E-state index in [0.29, 0.717) is 10.6 Å². The number of nitrogens with zero attached hydrogens (tertiary/aromatic N) is 1. The van der Waals surface area contributed by atoms with Crippen molar-refractivity contribution < 1.29 is 115 Å². The number of hydrogen-bond donors (Lipinski definition) is 0. The van der Waals surface area contributed by atoms with Crippen molar-refractivity contribution in [2.75, 3.05) is 0 Å². The van der Waals surface area contributed by atoms with Crippen molar-refractivity contribution in [2.24, 2.45) is 0 Å².